The summed E-state index contributed by atoms with van der Waals surface area (Å²) in [5.74, 6) is -0.000803. The Balaban J connectivity index is 2.46. The molecule has 8 heteroatoms. The Morgan fingerprint density at radius 2 is 2.00 bits per heavy atom. The molecule has 0 aliphatic heterocycles. The monoisotopic (exact) mass is 312 g/mol. The van der Waals surface area contributed by atoms with Crippen LogP contribution in [-0.4, -0.2) is 24.5 Å². The normalized spacial score (nSPS) is 11.6. The molecular formula is C12H16N4O2S2. The van der Waals surface area contributed by atoms with Crippen molar-refractivity contribution in [3.63, 3.8) is 0 Å². The van der Waals surface area contributed by atoms with Gasteiger partial charge in [0.1, 0.15) is 0 Å². The van der Waals surface area contributed by atoms with Gasteiger partial charge in [-0.3, -0.25) is 9.40 Å². The lowest BCUT2D eigenvalue weighted by Gasteiger charge is -2.11. The number of rotatable bonds is 4. The fourth-order valence-electron chi connectivity index (χ4n) is 1.87. The van der Waals surface area contributed by atoms with Gasteiger partial charge in [-0.2, -0.15) is 5.10 Å². The molecule has 0 saturated carbocycles. The Bertz CT molecular complexity index is 738. The third-order valence-electron chi connectivity index (χ3n) is 2.92. The molecule has 0 fully saturated rings. The van der Waals surface area contributed by atoms with Crippen LogP contribution >= 0.6 is 11.8 Å². The minimum Gasteiger partial charge on any atom is -0.381 e. The van der Waals surface area contributed by atoms with Crippen LogP contribution in [0.3, 0.4) is 0 Å². The van der Waals surface area contributed by atoms with Crippen LogP contribution in [0.5, 0.6) is 0 Å². The zero-order chi connectivity index (χ0) is 14.9. The highest BCUT2D eigenvalue weighted by Crippen LogP contribution is 2.29. The van der Waals surface area contributed by atoms with Crippen LogP contribution in [-0.2, 0) is 17.1 Å². The maximum Gasteiger partial charge on any atom is 0.267 e. The van der Waals surface area contributed by atoms with Crippen LogP contribution in [0, 0.1) is 6.92 Å². The van der Waals surface area contributed by atoms with Crippen molar-refractivity contribution >= 4 is 33.3 Å². The summed E-state index contributed by atoms with van der Waals surface area (Å²) in [5, 5.41) is 3.93. The number of nitrogens with two attached hydrogens (primary N) is 1. The summed E-state index contributed by atoms with van der Waals surface area (Å²) in [6.45, 7) is 1.67. The van der Waals surface area contributed by atoms with Crippen LogP contribution in [0.4, 0.5) is 11.5 Å². The smallest absolute Gasteiger partial charge is 0.267 e. The molecule has 0 atom stereocenters. The van der Waals surface area contributed by atoms with E-state index in [0.717, 1.165) is 4.90 Å². The summed E-state index contributed by atoms with van der Waals surface area (Å²) >= 11 is 1.47. The van der Waals surface area contributed by atoms with Crippen LogP contribution in [0.2, 0.25) is 0 Å². The summed E-state index contributed by atoms with van der Waals surface area (Å²) < 4.78 is 29.0. The Morgan fingerprint density at radius 3 is 2.55 bits per heavy atom. The number of hydrogen-bond acceptors (Lipinski definition) is 5. The van der Waals surface area contributed by atoms with Gasteiger partial charge in [0.05, 0.1) is 11.4 Å². The summed E-state index contributed by atoms with van der Waals surface area (Å²) in [5.41, 5.74) is 6.72. The van der Waals surface area contributed by atoms with E-state index in [1.165, 1.54) is 16.4 Å². The van der Waals surface area contributed by atoms with E-state index in [1.807, 2.05) is 18.4 Å². The first-order valence-corrected chi connectivity index (χ1v) is 8.52. The largest absolute Gasteiger partial charge is 0.381 e. The zero-order valence-corrected chi connectivity index (χ0v) is 13.0. The summed E-state index contributed by atoms with van der Waals surface area (Å²) in [6, 6.07) is 7.19. The van der Waals surface area contributed by atoms with Crippen LogP contribution < -0.4 is 10.5 Å². The molecule has 1 aromatic carbocycles. The molecule has 0 saturated heterocycles. The number of hydrogen-bond donors (Lipinski definition) is 2. The number of aromatic nitrogens is 2. The fraction of sp³-hybridized carbons (Fsp3) is 0.250. The second-order valence-corrected chi connectivity index (χ2v) is 6.70. The summed E-state index contributed by atoms with van der Waals surface area (Å²) in [7, 11) is -2.10. The highest BCUT2D eigenvalue weighted by molar-refractivity contribution is 7.99. The van der Waals surface area contributed by atoms with Gasteiger partial charge in [0.2, 0.25) is 0 Å². The van der Waals surface area contributed by atoms with Crippen LogP contribution in [0.1, 0.15) is 5.69 Å². The molecule has 20 heavy (non-hydrogen) atoms. The van der Waals surface area contributed by atoms with Gasteiger partial charge in [0, 0.05) is 11.9 Å². The number of anilines is 2. The van der Waals surface area contributed by atoms with E-state index in [9.17, 15) is 8.42 Å². The van der Waals surface area contributed by atoms with Crippen LogP contribution in [0.15, 0.2) is 34.1 Å². The van der Waals surface area contributed by atoms with Crippen molar-refractivity contribution in [2.24, 2.45) is 7.05 Å². The minimum absolute atomic E-state index is 0.000803. The molecule has 1 aromatic heterocycles. The first kappa shape index (κ1) is 14.7. The van der Waals surface area contributed by atoms with Crippen molar-refractivity contribution in [1.82, 2.24) is 9.78 Å². The molecular weight excluding hydrogens is 296 g/mol. The zero-order valence-electron chi connectivity index (χ0n) is 11.4. The molecule has 0 bridgehead atoms. The number of nitrogens with zero attached hydrogens (tertiary/aromatic N) is 2. The Morgan fingerprint density at radius 1 is 1.35 bits per heavy atom. The molecule has 0 radical (unpaired) electrons. The van der Waals surface area contributed by atoms with E-state index in [-0.39, 0.29) is 10.7 Å². The van der Waals surface area contributed by atoms with Gasteiger partial charge in [-0.05, 0) is 25.3 Å². The van der Waals surface area contributed by atoms with E-state index in [2.05, 4.69) is 9.82 Å². The molecule has 0 aliphatic rings. The first-order chi connectivity index (χ1) is 9.36. The van der Waals surface area contributed by atoms with E-state index < -0.39 is 10.0 Å². The van der Waals surface area contributed by atoms with E-state index >= 15 is 0 Å². The van der Waals surface area contributed by atoms with Gasteiger partial charge in [0.25, 0.3) is 10.0 Å². The summed E-state index contributed by atoms with van der Waals surface area (Å²) in [4.78, 5) is 0.868. The maximum atomic E-state index is 12.5. The lowest BCUT2D eigenvalue weighted by Crippen LogP contribution is -2.15. The predicted molar refractivity (Wildman–Crippen MR) is 81.4 cm³/mol. The van der Waals surface area contributed by atoms with E-state index in [4.69, 9.17) is 5.73 Å². The standard InChI is InChI=1S/C12H16N4O2S2/c1-8-11(12(13)14-16(8)2)20(17,18)15-9-6-4-5-7-10(9)19-3/h4-7,15H,1-3H3,(H2,13,14). The number of thioether (sulfide) groups is 1. The highest BCUT2D eigenvalue weighted by atomic mass is 32.2. The molecule has 108 valence electrons. The minimum atomic E-state index is -3.76. The van der Waals surface area contributed by atoms with Crippen molar-refractivity contribution in [2.45, 2.75) is 16.7 Å². The highest BCUT2D eigenvalue weighted by Gasteiger charge is 2.25. The Hall–Kier alpha value is -1.67. The topological polar surface area (TPSA) is 90.0 Å². The molecule has 1 heterocycles. The fourth-order valence-corrected chi connectivity index (χ4v) is 3.90. The lowest BCUT2D eigenvalue weighted by molar-refractivity contribution is 0.600. The first-order valence-electron chi connectivity index (χ1n) is 5.81. The molecule has 3 N–H and O–H groups in total. The number of aryl methyl sites for hydroxylation is 1. The third-order valence-corrected chi connectivity index (χ3v) is 5.25. The second-order valence-electron chi connectivity index (χ2n) is 4.23. The quantitative estimate of drug-likeness (QED) is 0.841. The average molecular weight is 312 g/mol. The van der Waals surface area contributed by atoms with Gasteiger partial charge in [0.15, 0.2) is 10.7 Å². The number of sulfonamides is 1. The molecule has 2 rings (SSSR count). The van der Waals surface area contributed by atoms with Crippen molar-refractivity contribution in [3.8, 4) is 0 Å². The van der Waals surface area contributed by atoms with Crippen molar-refractivity contribution in [2.75, 3.05) is 16.7 Å². The molecule has 0 spiro atoms. The number of benzene rings is 1. The SMILES string of the molecule is CSc1ccccc1NS(=O)(=O)c1c(N)nn(C)c1C. The van der Waals surface area contributed by atoms with Crippen LogP contribution in [0.25, 0.3) is 0 Å². The van der Waals surface area contributed by atoms with Gasteiger partial charge in [-0.15, -0.1) is 11.8 Å². The van der Waals surface area contributed by atoms with Crippen molar-refractivity contribution in [3.05, 3.63) is 30.0 Å². The van der Waals surface area contributed by atoms with Gasteiger partial charge >= 0.3 is 0 Å². The Labute approximate surface area is 122 Å². The predicted octanol–water partition coefficient (Wildman–Crippen LogP) is 1.83. The van der Waals surface area contributed by atoms with Gasteiger partial charge in [-0.25, -0.2) is 8.42 Å². The molecule has 2 aromatic rings. The molecule has 0 aliphatic carbocycles. The molecule has 6 nitrogen and oxygen atoms in total. The average Bonchev–Trinajstić information content (AvgIpc) is 2.63. The molecule has 0 unspecified atom stereocenters. The third kappa shape index (κ3) is 2.61. The summed E-state index contributed by atoms with van der Waals surface area (Å²) in [6.07, 6.45) is 1.89. The maximum absolute atomic E-state index is 12.5. The van der Waals surface area contributed by atoms with Crippen molar-refractivity contribution < 1.29 is 8.42 Å². The Kier molecular flexibility index (Phi) is 3.96. The lowest BCUT2D eigenvalue weighted by atomic mass is 10.3. The van der Waals surface area contributed by atoms with E-state index in [1.54, 1.807) is 26.1 Å². The number of nitrogens with one attached hydrogen (secondary N) is 1. The molecule has 0 amide bonds. The number of nitrogen functional groups attached to an aromatic ring is 1. The van der Waals surface area contributed by atoms with E-state index in [0.29, 0.717) is 11.4 Å². The van der Waals surface area contributed by atoms with Crippen molar-refractivity contribution in [1.29, 1.82) is 0 Å². The van der Waals surface area contributed by atoms with Gasteiger partial charge < -0.3 is 5.73 Å². The second kappa shape index (κ2) is 5.37. The number of para-hydroxylation sites is 1. The van der Waals surface area contributed by atoms with Gasteiger partial charge in [-0.1, -0.05) is 12.1 Å².